The van der Waals surface area contributed by atoms with E-state index < -0.39 is 17.8 Å². The Hall–Kier alpha value is -1.11. The Morgan fingerprint density at radius 1 is 1.10 bits per heavy atom. The van der Waals surface area contributed by atoms with E-state index >= 15 is 0 Å². The summed E-state index contributed by atoms with van der Waals surface area (Å²) >= 11 is 0. The van der Waals surface area contributed by atoms with E-state index in [0.29, 0.717) is 6.54 Å². The van der Waals surface area contributed by atoms with Crippen LogP contribution in [0.25, 0.3) is 0 Å². The van der Waals surface area contributed by atoms with Gasteiger partial charge in [-0.25, -0.2) is 0 Å². The predicted molar refractivity (Wildman–Crippen MR) is 68.2 cm³/mol. The molecule has 3 aliphatic rings. The summed E-state index contributed by atoms with van der Waals surface area (Å²) in [7, 11) is 0. The van der Waals surface area contributed by atoms with Crippen LogP contribution in [-0.2, 0) is 6.18 Å². The van der Waals surface area contributed by atoms with Crippen LogP contribution in [-0.4, -0.2) is 53.7 Å². The van der Waals surface area contributed by atoms with Crippen molar-refractivity contribution in [2.45, 2.75) is 18.3 Å². The van der Waals surface area contributed by atoms with Crippen LogP contribution in [0.4, 0.5) is 13.2 Å². The molecule has 20 heavy (non-hydrogen) atoms. The van der Waals surface area contributed by atoms with E-state index in [-0.39, 0.29) is 11.6 Å². The van der Waals surface area contributed by atoms with Gasteiger partial charge in [0, 0.05) is 32.7 Å². The first kappa shape index (κ1) is 13.9. The van der Waals surface area contributed by atoms with Crippen molar-refractivity contribution >= 4 is 0 Å². The smallest absolute Gasteiger partial charge is 0.387 e. The summed E-state index contributed by atoms with van der Waals surface area (Å²) in [4.78, 5) is 4.29. The first-order valence-corrected chi connectivity index (χ1v) is 6.77. The van der Waals surface area contributed by atoms with E-state index in [1.165, 1.54) is 12.1 Å². The largest absolute Gasteiger partial charge is 0.416 e. The van der Waals surface area contributed by atoms with Gasteiger partial charge in [0.25, 0.3) is 0 Å². The second kappa shape index (κ2) is 5.02. The van der Waals surface area contributed by atoms with Crippen LogP contribution < -0.4 is 0 Å². The predicted octanol–water partition coefficient (Wildman–Crippen LogP) is 1.74. The second-order valence-electron chi connectivity index (χ2n) is 5.43. The van der Waals surface area contributed by atoms with E-state index in [1.54, 1.807) is 6.07 Å². The minimum absolute atomic E-state index is 0.0150. The van der Waals surface area contributed by atoms with E-state index in [2.05, 4.69) is 9.80 Å². The van der Waals surface area contributed by atoms with Gasteiger partial charge < -0.3 is 5.11 Å². The molecular formula is C14H17F3N2O. The Morgan fingerprint density at radius 2 is 1.75 bits per heavy atom. The van der Waals surface area contributed by atoms with Gasteiger partial charge in [-0.1, -0.05) is 18.2 Å². The van der Waals surface area contributed by atoms with Crippen LogP contribution >= 0.6 is 0 Å². The first-order valence-electron chi connectivity index (χ1n) is 6.77. The van der Waals surface area contributed by atoms with Gasteiger partial charge in [-0.2, -0.15) is 13.2 Å². The number of piperazine rings is 3. The molecule has 3 saturated heterocycles. The lowest BCUT2D eigenvalue weighted by molar-refractivity contribution is -0.140. The van der Waals surface area contributed by atoms with Crippen LogP contribution in [0.2, 0.25) is 0 Å². The molecule has 3 fully saturated rings. The van der Waals surface area contributed by atoms with Gasteiger partial charge in [0.1, 0.15) is 0 Å². The summed E-state index contributed by atoms with van der Waals surface area (Å²) in [5, 5.41) is 10.4. The highest BCUT2D eigenvalue weighted by atomic mass is 19.4. The number of benzene rings is 1. The number of fused-ring (bicyclic) bond motifs is 3. The molecule has 3 nitrogen and oxygen atoms in total. The van der Waals surface area contributed by atoms with Crippen molar-refractivity contribution in [3.8, 4) is 0 Å². The lowest BCUT2D eigenvalue weighted by Crippen LogP contribution is -2.62. The standard InChI is InChI=1S/C14H17F3N2O/c15-14(16,17)11-4-2-1-3-10(11)13(20)12-9-18-5-7-19(12)8-6-18/h1-4,12-13,20H,5-9H2. The maximum absolute atomic E-state index is 13.0. The van der Waals surface area contributed by atoms with Crippen LogP contribution in [0.15, 0.2) is 24.3 Å². The van der Waals surface area contributed by atoms with Gasteiger partial charge >= 0.3 is 6.18 Å². The summed E-state index contributed by atoms with van der Waals surface area (Å²) in [6, 6.07) is 5.07. The maximum atomic E-state index is 13.0. The minimum Gasteiger partial charge on any atom is -0.387 e. The van der Waals surface area contributed by atoms with Crippen LogP contribution in [0.3, 0.4) is 0 Å². The molecular weight excluding hydrogens is 269 g/mol. The average molecular weight is 286 g/mol. The van der Waals surface area contributed by atoms with Crippen molar-refractivity contribution in [1.82, 2.24) is 9.80 Å². The highest BCUT2D eigenvalue weighted by Gasteiger charge is 2.40. The van der Waals surface area contributed by atoms with Crippen molar-refractivity contribution in [2.24, 2.45) is 0 Å². The molecule has 1 aromatic carbocycles. The SMILES string of the molecule is OC(c1ccccc1C(F)(F)F)C1CN2CCN1CC2. The van der Waals surface area contributed by atoms with E-state index in [4.69, 9.17) is 0 Å². The lowest BCUT2D eigenvalue weighted by Gasteiger charge is -2.49. The topological polar surface area (TPSA) is 26.7 Å². The van der Waals surface area contributed by atoms with Crippen molar-refractivity contribution in [2.75, 3.05) is 32.7 Å². The minimum atomic E-state index is -4.43. The van der Waals surface area contributed by atoms with Crippen LogP contribution in [0.5, 0.6) is 0 Å². The van der Waals surface area contributed by atoms with Crippen LogP contribution in [0, 0.1) is 0 Å². The summed E-state index contributed by atoms with van der Waals surface area (Å²) in [6.07, 6.45) is -5.53. The monoisotopic (exact) mass is 286 g/mol. The molecule has 110 valence electrons. The van der Waals surface area contributed by atoms with E-state index in [1.807, 2.05) is 0 Å². The van der Waals surface area contributed by atoms with Gasteiger partial charge in [-0.15, -0.1) is 0 Å². The fourth-order valence-electron chi connectivity index (χ4n) is 3.18. The van der Waals surface area contributed by atoms with Crippen LogP contribution in [0.1, 0.15) is 17.2 Å². The second-order valence-corrected chi connectivity index (χ2v) is 5.43. The van der Waals surface area contributed by atoms with Gasteiger partial charge in [0.15, 0.2) is 0 Å². The van der Waals surface area contributed by atoms with Gasteiger partial charge in [0.2, 0.25) is 0 Å². The number of nitrogens with zero attached hydrogens (tertiary/aromatic N) is 2. The number of hydrogen-bond acceptors (Lipinski definition) is 3. The third-order valence-electron chi connectivity index (χ3n) is 4.27. The van der Waals surface area contributed by atoms with Gasteiger partial charge in [-0.05, 0) is 11.6 Å². The van der Waals surface area contributed by atoms with Crippen molar-refractivity contribution < 1.29 is 18.3 Å². The third-order valence-corrected chi connectivity index (χ3v) is 4.27. The highest BCUT2D eigenvalue weighted by molar-refractivity contribution is 5.32. The molecule has 0 radical (unpaired) electrons. The normalized spacial score (nSPS) is 31.3. The summed E-state index contributed by atoms with van der Waals surface area (Å²) in [6.45, 7) is 4.13. The Bertz CT molecular complexity index is 484. The molecule has 0 aliphatic carbocycles. The maximum Gasteiger partial charge on any atom is 0.416 e. The zero-order valence-electron chi connectivity index (χ0n) is 11.0. The summed E-state index contributed by atoms with van der Waals surface area (Å²) < 4.78 is 39.1. The number of alkyl halides is 3. The van der Waals surface area contributed by atoms with Gasteiger partial charge in [-0.3, -0.25) is 9.80 Å². The molecule has 0 aromatic heterocycles. The number of rotatable bonds is 2. The molecule has 0 amide bonds. The molecule has 0 spiro atoms. The quantitative estimate of drug-likeness (QED) is 0.897. The molecule has 1 aromatic rings. The fraction of sp³-hybridized carbons (Fsp3) is 0.571. The third kappa shape index (κ3) is 2.43. The van der Waals surface area contributed by atoms with E-state index in [9.17, 15) is 18.3 Å². The molecule has 2 atom stereocenters. The Morgan fingerprint density at radius 3 is 2.30 bits per heavy atom. The number of aliphatic hydroxyl groups excluding tert-OH is 1. The molecule has 1 N–H and O–H groups in total. The zero-order chi connectivity index (χ0) is 14.3. The first-order chi connectivity index (χ1) is 9.47. The zero-order valence-corrected chi connectivity index (χ0v) is 11.0. The Labute approximate surface area is 115 Å². The molecule has 4 rings (SSSR count). The summed E-state index contributed by atoms with van der Waals surface area (Å²) in [5.41, 5.74) is -0.746. The highest BCUT2D eigenvalue weighted by Crippen LogP contribution is 2.37. The van der Waals surface area contributed by atoms with Crippen molar-refractivity contribution in [3.63, 3.8) is 0 Å². The molecule has 2 unspecified atom stereocenters. The number of aliphatic hydroxyl groups is 1. The van der Waals surface area contributed by atoms with E-state index in [0.717, 1.165) is 32.2 Å². The lowest BCUT2D eigenvalue weighted by atomic mass is 9.93. The van der Waals surface area contributed by atoms with Gasteiger partial charge in [0.05, 0.1) is 17.7 Å². The molecule has 3 heterocycles. The van der Waals surface area contributed by atoms with Crippen molar-refractivity contribution in [3.05, 3.63) is 35.4 Å². The molecule has 3 aliphatic heterocycles. The van der Waals surface area contributed by atoms with Crippen molar-refractivity contribution in [1.29, 1.82) is 0 Å². The molecule has 6 heteroatoms. The molecule has 2 bridgehead atoms. The number of hydrogen-bond donors (Lipinski definition) is 1. The fourth-order valence-corrected chi connectivity index (χ4v) is 3.18. The average Bonchev–Trinajstić information content (AvgIpc) is 2.47. The summed E-state index contributed by atoms with van der Waals surface area (Å²) in [5.74, 6) is 0. The Balaban J connectivity index is 1.89. The number of halogens is 3. The molecule has 0 saturated carbocycles. The Kier molecular flexibility index (Phi) is 3.48.